The number of carbonyl (C=O) groups excluding carboxylic acids is 1. The molecule has 1 aliphatic rings. The van der Waals surface area contributed by atoms with Crippen molar-refractivity contribution >= 4 is 33.3 Å². The Kier molecular flexibility index (Phi) is 5.51. The van der Waals surface area contributed by atoms with Gasteiger partial charge in [0.25, 0.3) is 0 Å². The summed E-state index contributed by atoms with van der Waals surface area (Å²) in [6, 6.07) is 1.87. The maximum Gasteiger partial charge on any atom is 0.339 e. The number of fused-ring (bicyclic) bond motifs is 3. The molecule has 1 N–H and O–H groups in total. The maximum absolute atomic E-state index is 12.9. The topological polar surface area (TPSA) is 90.7 Å². The lowest BCUT2D eigenvalue weighted by atomic mass is 9.91. The smallest absolute Gasteiger partial charge is 0.339 e. The van der Waals surface area contributed by atoms with Crippen molar-refractivity contribution in [2.75, 3.05) is 12.4 Å². The largest absolute Gasteiger partial charge is 0.496 e. The number of hydrogen-bond acceptors (Lipinski definition) is 7. The molecule has 3 heterocycles. The Labute approximate surface area is 184 Å². The van der Waals surface area contributed by atoms with Crippen LogP contribution in [0.15, 0.2) is 20.7 Å². The van der Waals surface area contributed by atoms with Crippen LogP contribution in [0.4, 0.5) is 5.13 Å². The third-order valence-corrected chi connectivity index (χ3v) is 6.50. The van der Waals surface area contributed by atoms with E-state index < -0.39 is 5.63 Å². The minimum atomic E-state index is -0.428. The van der Waals surface area contributed by atoms with Gasteiger partial charge in [-0.05, 0) is 52.5 Å². The van der Waals surface area contributed by atoms with Gasteiger partial charge < -0.3 is 19.2 Å². The number of methoxy groups -OCH3 is 1. The van der Waals surface area contributed by atoms with Gasteiger partial charge in [0.1, 0.15) is 22.7 Å². The zero-order valence-electron chi connectivity index (χ0n) is 18.4. The summed E-state index contributed by atoms with van der Waals surface area (Å²) in [5, 5.41) is 5.96. The first-order valence-corrected chi connectivity index (χ1v) is 11.1. The molecule has 0 radical (unpaired) electrons. The molecule has 0 unspecified atom stereocenters. The number of aryl methyl sites for hydroxylation is 3. The van der Waals surface area contributed by atoms with Gasteiger partial charge in [-0.15, -0.1) is 11.3 Å². The van der Waals surface area contributed by atoms with Crippen molar-refractivity contribution in [2.45, 2.75) is 59.0 Å². The molecule has 1 aliphatic heterocycles. The molecule has 2 aromatic heterocycles. The highest BCUT2D eigenvalue weighted by Gasteiger charge is 2.31. The Morgan fingerprint density at radius 3 is 2.81 bits per heavy atom. The van der Waals surface area contributed by atoms with Crippen molar-refractivity contribution in [3.8, 4) is 11.5 Å². The van der Waals surface area contributed by atoms with Crippen LogP contribution in [-0.4, -0.2) is 23.6 Å². The Bertz CT molecular complexity index is 1220. The van der Waals surface area contributed by atoms with E-state index in [4.69, 9.17) is 13.9 Å². The van der Waals surface area contributed by atoms with Gasteiger partial charge in [0.15, 0.2) is 5.13 Å². The maximum atomic E-state index is 12.9. The average Bonchev–Trinajstić information content (AvgIpc) is 3.10. The van der Waals surface area contributed by atoms with Gasteiger partial charge in [0.05, 0.1) is 18.2 Å². The van der Waals surface area contributed by atoms with Crippen LogP contribution in [0, 0.1) is 13.8 Å². The molecule has 0 saturated carbocycles. The van der Waals surface area contributed by atoms with Gasteiger partial charge in [-0.1, -0.05) is 0 Å². The molecule has 31 heavy (non-hydrogen) atoms. The number of rotatable bonds is 5. The molecule has 3 aromatic rings. The van der Waals surface area contributed by atoms with E-state index in [1.165, 1.54) is 11.3 Å². The predicted molar refractivity (Wildman–Crippen MR) is 121 cm³/mol. The second kappa shape index (κ2) is 8.00. The van der Waals surface area contributed by atoms with Crippen molar-refractivity contribution in [3.05, 3.63) is 44.3 Å². The number of amides is 1. The third kappa shape index (κ3) is 4.17. The first-order chi connectivity index (χ1) is 14.7. The zero-order chi connectivity index (χ0) is 22.3. The minimum Gasteiger partial charge on any atom is -0.496 e. The van der Waals surface area contributed by atoms with Crippen LogP contribution < -0.4 is 20.4 Å². The monoisotopic (exact) mass is 442 g/mol. The number of nitrogens with zero attached hydrogens (tertiary/aromatic N) is 1. The normalized spacial score (nSPS) is 14.7. The third-order valence-electron chi connectivity index (χ3n) is 5.63. The molecular weight excluding hydrogens is 416 g/mol. The van der Waals surface area contributed by atoms with Crippen molar-refractivity contribution in [1.29, 1.82) is 0 Å². The summed E-state index contributed by atoms with van der Waals surface area (Å²) in [6.07, 6.45) is 1.99. The summed E-state index contributed by atoms with van der Waals surface area (Å²) < 4.78 is 17.5. The second-order valence-corrected chi connectivity index (χ2v) is 9.31. The molecular formula is C23H26N2O5S. The molecule has 4 rings (SSSR count). The summed E-state index contributed by atoms with van der Waals surface area (Å²) in [6.45, 7) is 7.82. The van der Waals surface area contributed by atoms with Crippen LogP contribution in [0.25, 0.3) is 11.0 Å². The summed E-state index contributed by atoms with van der Waals surface area (Å²) >= 11 is 1.37. The molecule has 1 aromatic carbocycles. The fourth-order valence-corrected chi connectivity index (χ4v) is 4.67. The van der Waals surface area contributed by atoms with Crippen LogP contribution in [0.1, 0.15) is 49.1 Å². The molecule has 0 fully saturated rings. The van der Waals surface area contributed by atoms with E-state index in [-0.39, 0.29) is 24.3 Å². The Balaban J connectivity index is 1.68. The van der Waals surface area contributed by atoms with E-state index in [0.717, 1.165) is 35.0 Å². The number of hydrogen-bond donors (Lipinski definition) is 1. The van der Waals surface area contributed by atoms with Crippen LogP contribution in [0.3, 0.4) is 0 Å². The van der Waals surface area contributed by atoms with Gasteiger partial charge in [-0.3, -0.25) is 4.79 Å². The molecule has 0 spiro atoms. The minimum absolute atomic E-state index is 0.153. The highest BCUT2D eigenvalue weighted by molar-refractivity contribution is 7.13. The zero-order valence-corrected chi connectivity index (χ0v) is 19.2. The van der Waals surface area contributed by atoms with Crippen LogP contribution in [0.5, 0.6) is 11.5 Å². The molecule has 0 saturated heterocycles. The van der Waals surface area contributed by atoms with E-state index in [1.807, 2.05) is 39.1 Å². The lowest BCUT2D eigenvalue weighted by Gasteiger charge is -2.33. The Morgan fingerprint density at radius 1 is 1.35 bits per heavy atom. The molecule has 164 valence electrons. The standard InChI is InChI=1S/C23H26N2O5S/c1-12-11-31-22(24-12)25-18(26)7-6-14-13(2)19-17(28-5)10-16-15(20(19)29-21(14)27)8-9-23(3,4)30-16/h10-11H,6-9H2,1-5H3,(H,24,25,26). The second-order valence-electron chi connectivity index (χ2n) is 8.46. The average molecular weight is 443 g/mol. The van der Waals surface area contributed by atoms with Crippen LogP contribution in [0.2, 0.25) is 0 Å². The number of nitrogens with one attached hydrogen (secondary N) is 1. The van der Waals surface area contributed by atoms with E-state index in [0.29, 0.717) is 27.8 Å². The lowest BCUT2D eigenvalue weighted by molar-refractivity contribution is -0.116. The number of carbonyl (C=O) groups is 1. The quantitative estimate of drug-likeness (QED) is 0.583. The Hall–Kier alpha value is -2.87. The molecule has 8 heteroatoms. The molecule has 7 nitrogen and oxygen atoms in total. The number of anilines is 1. The highest BCUT2D eigenvalue weighted by Crippen LogP contribution is 2.43. The SMILES string of the molecule is COc1cc2c(c3oc(=O)c(CCC(=O)Nc4nc(C)cs4)c(C)c13)CCC(C)(C)O2. The van der Waals surface area contributed by atoms with Gasteiger partial charge >= 0.3 is 5.63 Å². The molecule has 0 bridgehead atoms. The predicted octanol–water partition coefficient (Wildman–Crippen LogP) is 4.55. The number of thiazole rings is 1. The van der Waals surface area contributed by atoms with E-state index in [9.17, 15) is 9.59 Å². The van der Waals surface area contributed by atoms with Gasteiger partial charge in [-0.2, -0.15) is 0 Å². The van der Waals surface area contributed by atoms with Gasteiger partial charge in [0, 0.05) is 29.0 Å². The summed E-state index contributed by atoms with van der Waals surface area (Å²) in [5.74, 6) is 1.09. The first-order valence-electron chi connectivity index (χ1n) is 10.3. The molecule has 1 amide bonds. The van der Waals surface area contributed by atoms with E-state index >= 15 is 0 Å². The summed E-state index contributed by atoms with van der Waals surface area (Å²) in [4.78, 5) is 29.4. The van der Waals surface area contributed by atoms with E-state index in [1.54, 1.807) is 7.11 Å². The van der Waals surface area contributed by atoms with Crippen LogP contribution >= 0.6 is 11.3 Å². The van der Waals surface area contributed by atoms with E-state index in [2.05, 4.69) is 10.3 Å². The number of aromatic nitrogens is 1. The number of ether oxygens (including phenoxy) is 2. The fourth-order valence-electron chi connectivity index (χ4n) is 3.96. The van der Waals surface area contributed by atoms with Gasteiger partial charge in [0.2, 0.25) is 5.91 Å². The first kappa shape index (κ1) is 21.4. The Morgan fingerprint density at radius 2 is 2.13 bits per heavy atom. The highest BCUT2D eigenvalue weighted by atomic mass is 32.1. The number of benzene rings is 1. The fraction of sp³-hybridized carbons (Fsp3) is 0.435. The van der Waals surface area contributed by atoms with Gasteiger partial charge in [-0.25, -0.2) is 9.78 Å². The van der Waals surface area contributed by atoms with Crippen molar-refractivity contribution in [2.24, 2.45) is 0 Å². The van der Waals surface area contributed by atoms with Crippen LogP contribution in [-0.2, 0) is 17.6 Å². The van der Waals surface area contributed by atoms with Crippen molar-refractivity contribution in [1.82, 2.24) is 4.98 Å². The molecule has 0 atom stereocenters. The lowest BCUT2D eigenvalue weighted by Crippen LogP contribution is -2.32. The molecule has 0 aliphatic carbocycles. The summed E-state index contributed by atoms with van der Waals surface area (Å²) in [7, 11) is 1.59. The van der Waals surface area contributed by atoms with Crippen molar-refractivity contribution < 1.29 is 18.7 Å². The van der Waals surface area contributed by atoms with Crippen molar-refractivity contribution in [3.63, 3.8) is 0 Å². The summed E-state index contributed by atoms with van der Waals surface area (Å²) in [5.41, 5.74) is 2.79.